The molecule has 1 heterocycles. The number of anilines is 1. The summed E-state index contributed by atoms with van der Waals surface area (Å²) in [5.41, 5.74) is 0.0774. The van der Waals surface area contributed by atoms with Crippen molar-refractivity contribution in [2.24, 2.45) is 5.92 Å². The number of para-hydroxylation sites is 1. The van der Waals surface area contributed by atoms with Crippen LogP contribution in [-0.4, -0.2) is 47.0 Å². The third kappa shape index (κ3) is 4.43. The number of carbonyl (C=O) groups excluding carboxylic acids is 2. The third-order valence-electron chi connectivity index (χ3n) is 3.92. The first-order valence-corrected chi connectivity index (χ1v) is 7.72. The average Bonchev–Trinajstić information content (AvgIpc) is 2.56. The van der Waals surface area contributed by atoms with Gasteiger partial charge in [-0.2, -0.15) is 0 Å². The van der Waals surface area contributed by atoms with Gasteiger partial charge >= 0.3 is 12.0 Å². The number of hydrogen-bond acceptors (Lipinski definition) is 3. The van der Waals surface area contributed by atoms with Crippen molar-refractivity contribution in [3.63, 3.8) is 0 Å². The highest BCUT2D eigenvalue weighted by atomic mass is 19.1. The molecule has 3 N–H and O–H groups in total. The van der Waals surface area contributed by atoms with Crippen molar-refractivity contribution in [1.82, 2.24) is 10.2 Å². The largest absolute Gasteiger partial charge is 0.480 e. The summed E-state index contributed by atoms with van der Waals surface area (Å²) in [6, 6.07) is 4.36. The van der Waals surface area contributed by atoms with Gasteiger partial charge in [-0.3, -0.25) is 9.59 Å². The highest BCUT2D eigenvalue weighted by molar-refractivity contribution is 5.90. The van der Waals surface area contributed by atoms with Crippen LogP contribution in [0.1, 0.15) is 19.8 Å². The van der Waals surface area contributed by atoms with Crippen LogP contribution in [0.25, 0.3) is 0 Å². The van der Waals surface area contributed by atoms with Crippen LogP contribution in [0, 0.1) is 11.7 Å². The van der Waals surface area contributed by atoms with Crippen LogP contribution in [0.4, 0.5) is 14.9 Å². The summed E-state index contributed by atoms with van der Waals surface area (Å²) in [6.45, 7) is 2.00. The van der Waals surface area contributed by atoms with E-state index in [2.05, 4.69) is 10.6 Å². The summed E-state index contributed by atoms with van der Waals surface area (Å²) in [7, 11) is 0. The van der Waals surface area contributed by atoms with Crippen molar-refractivity contribution >= 4 is 23.6 Å². The van der Waals surface area contributed by atoms with Crippen LogP contribution in [-0.2, 0) is 9.59 Å². The van der Waals surface area contributed by atoms with E-state index in [1.807, 2.05) is 0 Å². The number of rotatable bonds is 4. The van der Waals surface area contributed by atoms with E-state index in [1.165, 1.54) is 30.0 Å². The summed E-state index contributed by atoms with van der Waals surface area (Å²) >= 11 is 0. The van der Waals surface area contributed by atoms with Crippen LogP contribution < -0.4 is 10.6 Å². The molecule has 0 aromatic heterocycles. The minimum atomic E-state index is -1.12. The molecule has 1 saturated heterocycles. The van der Waals surface area contributed by atoms with Crippen molar-refractivity contribution in [3.8, 4) is 0 Å². The maximum atomic E-state index is 13.6. The monoisotopic (exact) mass is 337 g/mol. The van der Waals surface area contributed by atoms with Crippen molar-refractivity contribution in [3.05, 3.63) is 30.1 Å². The molecule has 0 radical (unpaired) electrons. The van der Waals surface area contributed by atoms with E-state index in [9.17, 15) is 18.8 Å². The minimum Gasteiger partial charge on any atom is -0.480 e. The number of carboxylic acids is 1. The molecule has 1 aromatic carbocycles. The predicted molar refractivity (Wildman–Crippen MR) is 85.0 cm³/mol. The number of piperidine rings is 1. The lowest BCUT2D eigenvalue weighted by Crippen LogP contribution is -2.49. The number of nitrogens with one attached hydrogen (secondary N) is 2. The van der Waals surface area contributed by atoms with E-state index in [-0.39, 0.29) is 12.2 Å². The lowest BCUT2D eigenvalue weighted by molar-refractivity contribution is -0.142. The number of hydrogen-bond donors (Lipinski definition) is 3. The Bertz CT molecular complexity index is 638. The van der Waals surface area contributed by atoms with Crippen molar-refractivity contribution in [2.45, 2.75) is 25.8 Å². The first-order valence-electron chi connectivity index (χ1n) is 7.72. The molecule has 1 aliphatic rings. The van der Waals surface area contributed by atoms with Crippen molar-refractivity contribution in [1.29, 1.82) is 0 Å². The average molecular weight is 337 g/mol. The molecule has 2 rings (SSSR count). The summed E-state index contributed by atoms with van der Waals surface area (Å²) < 4.78 is 13.6. The van der Waals surface area contributed by atoms with Gasteiger partial charge in [0.1, 0.15) is 11.9 Å². The SMILES string of the molecule is C[C@H](NC(=O)C1CCCN(C(=O)Nc2ccccc2F)C1)C(=O)O. The van der Waals surface area contributed by atoms with Crippen LogP contribution in [0.2, 0.25) is 0 Å². The number of urea groups is 1. The number of likely N-dealkylation sites (tertiary alicyclic amines) is 1. The Kier molecular flexibility index (Phi) is 5.73. The van der Waals surface area contributed by atoms with Gasteiger partial charge in [-0.15, -0.1) is 0 Å². The molecule has 2 atom stereocenters. The molecule has 8 heteroatoms. The second-order valence-electron chi connectivity index (χ2n) is 5.76. The number of benzene rings is 1. The molecule has 1 aliphatic heterocycles. The zero-order valence-corrected chi connectivity index (χ0v) is 13.3. The van der Waals surface area contributed by atoms with Gasteiger partial charge in [0.05, 0.1) is 11.6 Å². The molecule has 0 aliphatic carbocycles. The van der Waals surface area contributed by atoms with E-state index in [1.54, 1.807) is 6.07 Å². The molecule has 3 amide bonds. The van der Waals surface area contributed by atoms with Gasteiger partial charge in [0, 0.05) is 13.1 Å². The quantitative estimate of drug-likeness (QED) is 0.778. The molecule has 0 bridgehead atoms. The number of aliphatic carboxylic acids is 1. The first-order chi connectivity index (χ1) is 11.4. The van der Waals surface area contributed by atoms with E-state index < -0.39 is 35.7 Å². The van der Waals surface area contributed by atoms with E-state index in [0.29, 0.717) is 19.4 Å². The molecule has 1 unspecified atom stereocenters. The van der Waals surface area contributed by atoms with Crippen molar-refractivity contribution in [2.75, 3.05) is 18.4 Å². The van der Waals surface area contributed by atoms with Gasteiger partial charge < -0.3 is 20.6 Å². The molecule has 7 nitrogen and oxygen atoms in total. The maximum absolute atomic E-state index is 13.6. The summed E-state index contributed by atoms with van der Waals surface area (Å²) in [6.07, 6.45) is 1.19. The molecule has 0 saturated carbocycles. The fraction of sp³-hybridized carbons (Fsp3) is 0.438. The van der Waals surface area contributed by atoms with Gasteiger partial charge in [-0.05, 0) is 31.9 Å². The van der Waals surface area contributed by atoms with Gasteiger partial charge in [0.25, 0.3) is 0 Å². The summed E-state index contributed by atoms with van der Waals surface area (Å²) in [4.78, 5) is 36.6. The number of nitrogens with zero attached hydrogens (tertiary/aromatic N) is 1. The number of carboxylic acid groups (broad SMARTS) is 1. The Morgan fingerprint density at radius 2 is 2.04 bits per heavy atom. The van der Waals surface area contributed by atoms with Gasteiger partial charge in [-0.25, -0.2) is 9.18 Å². The molecule has 1 fully saturated rings. The van der Waals surface area contributed by atoms with Crippen LogP contribution in [0.3, 0.4) is 0 Å². The summed E-state index contributed by atoms with van der Waals surface area (Å²) in [5.74, 6) is -2.53. The van der Waals surface area contributed by atoms with E-state index in [0.717, 1.165) is 0 Å². The highest BCUT2D eigenvalue weighted by Crippen LogP contribution is 2.19. The lowest BCUT2D eigenvalue weighted by Gasteiger charge is -2.32. The van der Waals surface area contributed by atoms with Crippen LogP contribution in [0.5, 0.6) is 0 Å². The Balaban J connectivity index is 1.95. The third-order valence-corrected chi connectivity index (χ3v) is 3.92. The fourth-order valence-electron chi connectivity index (χ4n) is 2.53. The topological polar surface area (TPSA) is 98.7 Å². The normalized spacial score (nSPS) is 18.6. The highest BCUT2D eigenvalue weighted by Gasteiger charge is 2.30. The number of carbonyl (C=O) groups is 3. The second-order valence-corrected chi connectivity index (χ2v) is 5.76. The maximum Gasteiger partial charge on any atom is 0.325 e. The number of amides is 3. The second kappa shape index (κ2) is 7.76. The lowest BCUT2D eigenvalue weighted by atomic mass is 9.97. The zero-order chi connectivity index (χ0) is 17.7. The standard InChI is InChI=1S/C16H20FN3O4/c1-10(15(22)23)18-14(21)11-5-4-8-20(9-11)16(24)19-13-7-3-2-6-12(13)17/h2-3,6-7,10-11H,4-5,8-9H2,1H3,(H,18,21)(H,19,24)(H,22,23)/t10-,11?/m0/s1. The Labute approximate surface area is 138 Å². The molecule has 0 spiro atoms. The molecule has 24 heavy (non-hydrogen) atoms. The van der Waals surface area contributed by atoms with Gasteiger partial charge in [-0.1, -0.05) is 12.1 Å². The molecule has 1 aromatic rings. The Hall–Kier alpha value is -2.64. The predicted octanol–water partition coefficient (Wildman–Crippen LogP) is 1.66. The zero-order valence-electron chi connectivity index (χ0n) is 13.3. The molecule has 130 valence electrons. The van der Waals surface area contributed by atoms with Gasteiger partial charge in [0.15, 0.2) is 0 Å². The smallest absolute Gasteiger partial charge is 0.325 e. The number of halogens is 1. The van der Waals surface area contributed by atoms with E-state index >= 15 is 0 Å². The molecular formula is C16H20FN3O4. The van der Waals surface area contributed by atoms with E-state index in [4.69, 9.17) is 5.11 Å². The first kappa shape index (κ1) is 17.7. The Morgan fingerprint density at radius 3 is 2.71 bits per heavy atom. The fourth-order valence-corrected chi connectivity index (χ4v) is 2.53. The van der Waals surface area contributed by atoms with Crippen molar-refractivity contribution < 1.29 is 23.9 Å². The van der Waals surface area contributed by atoms with Crippen LogP contribution >= 0.6 is 0 Å². The summed E-state index contributed by atoms with van der Waals surface area (Å²) in [5, 5.41) is 13.7. The van der Waals surface area contributed by atoms with Crippen LogP contribution in [0.15, 0.2) is 24.3 Å². The molecular weight excluding hydrogens is 317 g/mol. The minimum absolute atomic E-state index is 0.0774. The van der Waals surface area contributed by atoms with Gasteiger partial charge in [0.2, 0.25) is 5.91 Å². The Morgan fingerprint density at radius 1 is 1.33 bits per heavy atom.